The minimum absolute atomic E-state index is 0.0144. The number of nitro groups is 1. The first-order valence-electron chi connectivity index (χ1n) is 4.39. The third-order valence-corrected chi connectivity index (χ3v) is 3.19. The molecule has 0 saturated heterocycles. The quantitative estimate of drug-likeness (QED) is 0.435. The Morgan fingerprint density at radius 2 is 2.29 bits per heavy atom. The Kier molecular flexibility index (Phi) is 3.76. The number of sulfonamides is 1. The van der Waals surface area contributed by atoms with Crippen LogP contribution in [0.5, 0.6) is 0 Å². The van der Waals surface area contributed by atoms with E-state index in [2.05, 4.69) is 16.3 Å². The molecule has 0 unspecified atom stereocenters. The molecule has 0 atom stereocenters. The number of nitrogens with two attached hydrogens (primary N) is 1. The van der Waals surface area contributed by atoms with Crippen LogP contribution in [0.2, 0.25) is 0 Å². The number of aromatic nitrogens is 1. The molecule has 0 amide bonds. The fourth-order valence-electron chi connectivity index (χ4n) is 0.990. The van der Waals surface area contributed by atoms with E-state index in [1.807, 2.05) is 0 Å². The molecule has 0 saturated carbocycles. The molecular weight excluding hydrogens is 248 g/mol. The fourth-order valence-corrected chi connectivity index (χ4v) is 1.95. The highest BCUT2D eigenvalue weighted by Gasteiger charge is 2.20. The molecule has 0 aromatic carbocycles. The van der Waals surface area contributed by atoms with Crippen molar-refractivity contribution >= 4 is 21.5 Å². The van der Waals surface area contributed by atoms with Crippen LogP contribution < -0.4 is 10.5 Å². The van der Waals surface area contributed by atoms with Crippen LogP contribution in [0.25, 0.3) is 0 Å². The van der Waals surface area contributed by atoms with Crippen molar-refractivity contribution in [3.05, 3.63) is 35.0 Å². The third kappa shape index (κ3) is 2.98. The van der Waals surface area contributed by atoms with Gasteiger partial charge in [-0.1, -0.05) is 6.08 Å². The second kappa shape index (κ2) is 4.89. The van der Waals surface area contributed by atoms with Crippen LogP contribution in [0.15, 0.2) is 29.8 Å². The molecule has 1 rings (SSSR count). The summed E-state index contributed by atoms with van der Waals surface area (Å²) in [4.78, 5) is 12.9. The minimum atomic E-state index is -3.84. The number of hydrogen-bond donors (Lipinski definition) is 2. The summed E-state index contributed by atoms with van der Waals surface area (Å²) in [6, 6.07) is 0.855. The topological polar surface area (TPSA) is 128 Å². The second-order valence-corrected chi connectivity index (χ2v) is 4.74. The monoisotopic (exact) mass is 258 g/mol. The number of anilines is 1. The van der Waals surface area contributed by atoms with Gasteiger partial charge in [-0.05, 0) is 0 Å². The van der Waals surface area contributed by atoms with Crippen molar-refractivity contribution in [2.75, 3.05) is 12.3 Å². The van der Waals surface area contributed by atoms with Gasteiger partial charge in [-0.2, -0.15) is 0 Å². The maximum atomic E-state index is 11.6. The number of nitrogens with one attached hydrogen (secondary N) is 1. The molecule has 0 bridgehead atoms. The van der Waals surface area contributed by atoms with E-state index >= 15 is 0 Å². The second-order valence-electron chi connectivity index (χ2n) is 2.97. The Hall–Kier alpha value is -2.00. The van der Waals surface area contributed by atoms with Gasteiger partial charge in [0.2, 0.25) is 15.8 Å². The molecule has 1 aromatic heterocycles. The number of nitrogens with zero attached hydrogens (tertiary/aromatic N) is 2. The molecule has 17 heavy (non-hydrogen) atoms. The minimum Gasteiger partial charge on any atom is -0.378 e. The van der Waals surface area contributed by atoms with E-state index in [4.69, 9.17) is 5.73 Å². The summed E-state index contributed by atoms with van der Waals surface area (Å²) < 4.78 is 25.4. The van der Waals surface area contributed by atoms with Gasteiger partial charge < -0.3 is 5.73 Å². The van der Waals surface area contributed by atoms with Crippen LogP contribution in [-0.4, -0.2) is 24.9 Å². The standard InChI is InChI=1S/C8H10N4O4S/c1-2-3-11-17(15,16)6-4-7(12(13)14)8(9)10-5-6/h2,4-5,11H,1,3H2,(H2,9,10). The van der Waals surface area contributed by atoms with Crippen molar-refractivity contribution in [3.8, 4) is 0 Å². The van der Waals surface area contributed by atoms with E-state index in [9.17, 15) is 18.5 Å². The predicted octanol–water partition coefficient (Wildman–Crippen LogP) is 0.0363. The number of nitrogen functional groups attached to an aromatic ring is 1. The number of pyridine rings is 1. The van der Waals surface area contributed by atoms with E-state index < -0.39 is 20.6 Å². The van der Waals surface area contributed by atoms with Gasteiger partial charge in [0, 0.05) is 18.8 Å². The van der Waals surface area contributed by atoms with Gasteiger partial charge in [0.1, 0.15) is 4.90 Å². The maximum absolute atomic E-state index is 11.6. The lowest BCUT2D eigenvalue weighted by Gasteiger charge is -2.04. The lowest BCUT2D eigenvalue weighted by Crippen LogP contribution is -2.24. The lowest BCUT2D eigenvalue weighted by atomic mass is 10.4. The van der Waals surface area contributed by atoms with Crippen LogP contribution >= 0.6 is 0 Å². The average Bonchev–Trinajstić information content (AvgIpc) is 2.26. The molecule has 92 valence electrons. The zero-order valence-electron chi connectivity index (χ0n) is 8.66. The Labute approximate surface area is 97.4 Å². The molecule has 3 N–H and O–H groups in total. The fraction of sp³-hybridized carbons (Fsp3) is 0.125. The van der Waals surface area contributed by atoms with Gasteiger partial charge in [-0.15, -0.1) is 6.58 Å². The molecule has 8 nitrogen and oxygen atoms in total. The summed E-state index contributed by atoms with van der Waals surface area (Å²) in [5.41, 5.74) is 4.70. The van der Waals surface area contributed by atoms with Crippen LogP contribution in [0, 0.1) is 10.1 Å². The van der Waals surface area contributed by atoms with Crippen molar-refractivity contribution in [3.63, 3.8) is 0 Å². The van der Waals surface area contributed by atoms with E-state index in [-0.39, 0.29) is 17.3 Å². The van der Waals surface area contributed by atoms with Gasteiger partial charge >= 0.3 is 5.69 Å². The summed E-state index contributed by atoms with van der Waals surface area (Å²) in [5.74, 6) is -0.335. The summed E-state index contributed by atoms with van der Waals surface area (Å²) >= 11 is 0. The Bertz CT molecular complexity index is 555. The number of hydrogen-bond acceptors (Lipinski definition) is 6. The third-order valence-electron chi connectivity index (χ3n) is 1.80. The molecular formula is C8H10N4O4S. The lowest BCUT2D eigenvalue weighted by molar-refractivity contribution is -0.384. The Morgan fingerprint density at radius 3 is 2.82 bits per heavy atom. The van der Waals surface area contributed by atoms with Crippen LogP contribution in [-0.2, 0) is 10.0 Å². The Balaban J connectivity index is 3.20. The molecule has 0 radical (unpaired) electrons. The maximum Gasteiger partial charge on any atom is 0.312 e. The summed E-state index contributed by atoms with van der Waals surface area (Å²) in [6.07, 6.45) is 2.30. The molecule has 0 aliphatic heterocycles. The highest BCUT2D eigenvalue weighted by Crippen LogP contribution is 2.21. The largest absolute Gasteiger partial charge is 0.378 e. The van der Waals surface area contributed by atoms with Crippen molar-refractivity contribution in [2.24, 2.45) is 0 Å². The first-order chi connectivity index (χ1) is 7.88. The van der Waals surface area contributed by atoms with Crippen molar-refractivity contribution in [2.45, 2.75) is 4.90 Å². The molecule has 0 aliphatic rings. The van der Waals surface area contributed by atoms with Gasteiger partial charge in [0.05, 0.1) is 4.92 Å². The summed E-state index contributed by atoms with van der Waals surface area (Å²) in [5, 5.41) is 10.6. The van der Waals surface area contributed by atoms with Crippen molar-refractivity contribution in [1.29, 1.82) is 0 Å². The highest BCUT2D eigenvalue weighted by atomic mass is 32.2. The van der Waals surface area contributed by atoms with Crippen molar-refractivity contribution < 1.29 is 13.3 Å². The van der Waals surface area contributed by atoms with Gasteiger partial charge in [-0.3, -0.25) is 10.1 Å². The summed E-state index contributed by atoms with van der Waals surface area (Å²) in [7, 11) is -3.84. The molecule has 0 spiro atoms. The number of rotatable bonds is 5. The smallest absolute Gasteiger partial charge is 0.312 e. The predicted molar refractivity (Wildman–Crippen MR) is 60.7 cm³/mol. The van der Waals surface area contributed by atoms with Gasteiger partial charge in [-0.25, -0.2) is 18.1 Å². The van der Waals surface area contributed by atoms with E-state index in [1.54, 1.807) is 0 Å². The zero-order chi connectivity index (χ0) is 13.1. The molecule has 0 aliphatic carbocycles. The normalized spacial score (nSPS) is 11.1. The molecule has 1 heterocycles. The van der Waals surface area contributed by atoms with E-state index in [0.717, 1.165) is 12.3 Å². The van der Waals surface area contributed by atoms with Gasteiger partial charge in [0.15, 0.2) is 0 Å². The van der Waals surface area contributed by atoms with Crippen LogP contribution in [0.3, 0.4) is 0 Å². The van der Waals surface area contributed by atoms with Crippen molar-refractivity contribution in [1.82, 2.24) is 9.71 Å². The van der Waals surface area contributed by atoms with Crippen LogP contribution in [0.1, 0.15) is 0 Å². The molecule has 1 aromatic rings. The highest BCUT2D eigenvalue weighted by molar-refractivity contribution is 7.89. The first kappa shape index (κ1) is 13.1. The first-order valence-corrected chi connectivity index (χ1v) is 5.87. The molecule has 9 heteroatoms. The van der Waals surface area contributed by atoms with Gasteiger partial charge in [0.25, 0.3) is 0 Å². The zero-order valence-corrected chi connectivity index (χ0v) is 9.48. The SMILES string of the molecule is C=CCNS(=O)(=O)c1cnc(N)c([N+](=O)[O-])c1. The van der Waals surface area contributed by atoms with E-state index in [0.29, 0.717) is 0 Å². The van der Waals surface area contributed by atoms with E-state index in [1.165, 1.54) is 6.08 Å². The Morgan fingerprint density at radius 1 is 1.65 bits per heavy atom. The van der Waals surface area contributed by atoms with Crippen LogP contribution in [0.4, 0.5) is 11.5 Å². The average molecular weight is 258 g/mol. The summed E-state index contributed by atoms with van der Waals surface area (Å²) in [6.45, 7) is 3.36. The molecule has 0 fully saturated rings.